The van der Waals surface area contributed by atoms with Crippen LogP contribution in [0.2, 0.25) is 5.02 Å². The number of fused-ring (bicyclic) bond motifs is 1. The van der Waals surface area contributed by atoms with E-state index in [1.54, 1.807) is 22.7 Å². The summed E-state index contributed by atoms with van der Waals surface area (Å²) in [6.45, 7) is 2.37. The molecule has 3 nitrogen and oxygen atoms in total. The third-order valence-electron chi connectivity index (χ3n) is 4.36. The van der Waals surface area contributed by atoms with Gasteiger partial charge in [0.25, 0.3) is 5.56 Å². The first-order chi connectivity index (χ1) is 13.5. The van der Waals surface area contributed by atoms with Gasteiger partial charge in [-0.1, -0.05) is 41.6 Å². The normalized spacial score (nSPS) is 11.1. The maximum Gasteiger partial charge on any atom is 0.261 e. The van der Waals surface area contributed by atoms with Crippen molar-refractivity contribution in [2.45, 2.75) is 23.3 Å². The highest BCUT2D eigenvalue weighted by molar-refractivity contribution is 9.10. The number of nitrogens with zero attached hydrogens (tertiary/aromatic N) is 2. The molecule has 1 aromatic heterocycles. The number of benzene rings is 3. The van der Waals surface area contributed by atoms with E-state index in [0.717, 1.165) is 25.4 Å². The Morgan fingerprint density at radius 1 is 1.11 bits per heavy atom. The molecule has 0 amide bonds. The van der Waals surface area contributed by atoms with Crippen LogP contribution in [0, 0.1) is 6.92 Å². The van der Waals surface area contributed by atoms with Crippen LogP contribution < -0.4 is 5.56 Å². The third kappa shape index (κ3) is 4.02. The molecule has 0 radical (unpaired) electrons. The number of hydrogen-bond donors (Lipinski definition) is 0. The van der Waals surface area contributed by atoms with E-state index in [0.29, 0.717) is 22.5 Å². The van der Waals surface area contributed by atoms with Crippen LogP contribution in [0.25, 0.3) is 10.9 Å². The number of aromatic nitrogens is 2. The van der Waals surface area contributed by atoms with Crippen LogP contribution >= 0.6 is 39.3 Å². The molecule has 4 aromatic rings. The highest BCUT2D eigenvalue weighted by atomic mass is 79.9. The SMILES string of the molecule is Cc1cc(Br)c2ncn(Cc3cc(Cl)ccc3Sc3ccccc3)c(=O)c2c1. The van der Waals surface area contributed by atoms with Gasteiger partial charge in [-0.3, -0.25) is 9.36 Å². The summed E-state index contributed by atoms with van der Waals surface area (Å²) in [4.78, 5) is 19.7. The molecule has 0 aliphatic carbocycles. The van der Waals surface area contributed by atoms with Gasteiger partial charge in [-0.25, -0.2) is 4.98 Å². The summed E-state index contributed by atoms with van der Waals surface area (Å²) in [5.41, 5.74) is 2.61. The summed E-state index contributed by atoms with van der Waals surface area (Å²) in [6, 6.07) is 19.8. The number of aryl methyl sites for hydroxylation is 1. The smallest absolute Gasteiger partial charge is 0.261 e. The van der Waals surface area contributed by atoms with E-state index in [-0.39, 0.29) is 5.56 Å². The lowest BCUT2D eigenvalue weighted by atomic mass is 10.1. The van der Waals surface area contributed by atoms with E-state index in [1.807, 2.05) is 55.5 Å². The minimum Gasteiger partial charge on any atom is -0.294 e. The zero-order valence-corrected chi connectivity index (χ0v) is 18.2. The van der Waals surface area contributed by atoms with Crippen LogP contribution in [0.3, 0.4) is 0 Å². The summed E-state index contributed by atoms with van der Waals surface area (Å²) >= 11 is 11.4. The Bertz CT molecular complexity index is 1220. The summed E-state index contributed by atoms with van der Waals surface area (Å²) < 4.78 is 2.46. The zero-order chi connectivity index (χ0) is 19.7. The van der Waals surface area contributed by atoms with Crippen molar-refractivity contribution in [1.82, 2.24) is 9.55 Å². The predicted molar refractivity (Wildman–Crippen MR) is 120 cm³/mol. The van der Waals surface area contributed by atoms with Crippen molar-refractivity contribution in [1.29, 1.82) is 0 Å². The van der Waals surface area contributed by atoms with Gasteiger partial charge in [-0.2, -0.15) is 0 Å². The molecule has 1 heterocycles. The first kappa shape index (κ1) is 19.2. The van der Waals surface area contributed by atoms with E-state index in [4.69, 9.17) is 11.6 Å². The molecule has 0 aliphatic heterocycles. The molecule has 0 fully saturated rings. The molecule has 0 saturated heterocycles. The van der Waals surface area contributed by atoms with E-state index in [2.05, 4.69) is 33.0 Å². The van der Waals surface area contributed by atoms with E-state index in [9.17, 15) is 4.79 Å². The third-order valence-corrected chi connectivity index (χ3v) is 6.33. The Kier molecular flexibility index (Phi) is 5.58. The highest BCUT2D eigenvalue weighted by Crippen LogP contribution is 2.32. The topological polar surface area (TPSA) is 34.9 Å². The van der Waals surface area contributed by atoms with E-state index >= 15 is 0 Å². The molecule has 0 aliphatic rings. The van der Waals surface area contributed by atoms with Crippen molar-refractivity contribution >= 4 is 50.2 Å². The number of halogens is 2. The molecule has 140 valence electrons. The fraction of sp³-hybridized carbons (Fsp3) is 0.0909. The molecule has 0 N–H and O–H groups in total. The highest BCUT2D eigenvalue weighted by Gasteiger charge is 2.11. The Labute approximate surface area is 180 Å². The minimum absolute atomic E-state index is 0.0648. The molecule has 3 aromatic carbocycles. The zero-order valence-electron chi connectivity index (χ0n) is 15.0. The number of rotatable bonds is 4. The van der Waals surface area contributed by atoms with Crippen molar-refractivity contribution in [3.8, 4) is 0 Å². The van der Waals surface area contributed by atoms with Gasteiger partial charge >= 0.3 is 0 Å². The quantitative estimate of drug-likeness (QED) is 0.349. The largest absolute Gasteiger partial charge is 0.294 e. The second-order valence-corrected chi connectivity index (χ2v) is 8.89. The van der Waals surface area contributed by atoms with Gasteiger partial charge < -0.3 is 0 Å². The first-order valence-corrected chi connectivity index (χ1v) is 10.7. The fourth-order valence-corrected chi connectivity index (χ4v) is 4.86. The van der Waals surface area contributed by atoms with Crippen LogP contribution in [0.1, 0.15) is 11.1 Å². The standard InChI is InChI=1S/C22H16BrClN2OS/c1-14-9-18-21(19(23)10-14)25-13-26(22(18)27)12-15-11-16(24)7-8-20(15)28-17-5-3-2-4-6-17/h2-11,13H,12H2,1H3. The molecule has 0 spiro atoms. The summed E-state index contributed by atoms with van der Waals surface area (Å²) in [6.07, 6.45) is 1.60. The molecule has 0 atom stereocenters. The second kappa shape index (κ2) is 8.11. The van der Waals surface area contributed by atoms with E-state index in [1.165, 1.54) is 0 Å². The summed E-state index contributed by atoms with van der Waals surface area (Å²) in [5, 5.41) is 1.25. The van der Waals surface area contributed by atoms with Gasteiger partial charge in [0, 0.05) is 19.3 Å². The lowest BCUT2D eigenvalue weighted by molar-refractivity contribution is 0.738. The molecular formula is C22H16BrClN2OS. The molecule has 0 saturated carbocycles. The Morgan fingerprint density at radius 3 is 2.68 bits per heavy atom. The van der Waals surface area contributed by atoms with Crippen molar-refractivity contribution in [2.24, 2.45) is 0 Å². The maximum absolute atomic E-state index is 13.1. The average Bonchev–Trinajstić information content (AvgIpc) is 2.67. The van der Waals surface area contributed by atoms with Crippen molar-refractivity contribution in [3.05, 3.63) is 98.0 Å². The Hall–Kier alpha value is -2.08. The van der Waals surface area contributed by atoms with Crippen LogP contribution in [0.4, 0.5) is 0 Å². The van der Waals surface area contributed by atoms with Crippen LogP contribution in [0.5, 0.6) is 0 Å². The van der Waals surface area contributed by atoms with Crippen molar-refractivity contribution in [2.75, 3.05) is 0 Å². The fourth-order valence-electron chi connectivity index (χ4n) is 3.05. The van der Waals surface area contributed by atoms with Gasteiger partial charge in [0.1, 0.15) is 0 Å². The van der Waals surface area contributed by atoms with Gasteiger partial charge in [0.2, 0.25) is 0 Å². The minimum atomic E-state index is -0.0648. The molecule has 4 rings (SSSR count). The summed E-state index contributed by atoms with van der Waals surface area (Å²) in [7, 11) is 0. The average molecular weight is 472 g/mol. The molecular weight excluding hydrogens is 456 g/mol. The van der Waals surface area contributed by atoms with Crippen LogP contribution in [0.15, 0.2) is 86.0 Å². The van der Waals surface area contributed by atoms with E-state index < -0.39 is 0 Å². The lowest BCUT2D eigenvalue weighted by Crippen LogP contribution is -2.21. The first-order valence-electron chi connectivity index (χ1n) is 8.68. The molecule has 0 bridgehead atoms. The maximum atomic E-state index is 13.1. The Balaban J connectivity index is 1.76. The van der Waals surface area contributed by atoms with Gasteiger partial charge in [-0.05, 0) is 76.4 Å². The predicted octanol–water partition coefficient (Wildman–Crippen LogP) is 6.32. The Morgan fingerprint density at radius 2 is 1.89 bits per heavy atom. The summed E-state index contributed by atoms with van der Waals surface area (Å²) in [5.74, 6) is 0. The lowest BCUT2D eigenvalue weighted by Gasteiger charge is -2.12. The van der Waals surface area contributed by atoms with Crippen molar-refractivity contribution in [3.63, 3.8) is 0 Å². The van der Waals surface area contributed by atoms with Crippen LogP contribution in [-0.4, -0.2) is 9.55 Å². The van der Waals surface area contributed by atoms with Gasteiger partial charge in [0.05, 0.1) is 23.8 Å². The van der Waals surface area contributed by atoms with Gasteiger partial charge in [0.15, 0.2) is 0 Å². The number of hydrogen-bond acceptors (Lipinski definition) is 3. The van der Waals surface area contributed by atoms with Gasteiger partial charge in [-0.15, -0.1) is 0 Å². The molecule has 28 heavy (non-hydrogen) atoms. The molecule has 0 unspecified atom stereocenters. The van der Waals surface area contributed by atoms with Crippen LogP contribution in [-0.2, 0) is 6.54 Å². The molecule has 6 heteroatoms. The monoisotopic (exact) mass is 470 g/mol. The second-order valence-electron chi connectivity index (χ2n) is 6.49. The van der Waals surface area contributed by atoms with Crippen molar-refractivity contribution < 1.29 is 0 Å².